The number of carbonyl (C=O) groups excluding carboxylic acids is 2. The number of methoxy groups -OCH3 is 2. The Morgan fingerprint density at radius 3 is 2.28 bits per heavy atom. The molecule has 174 valence electrons. The van der Waals surface area contributed by atoms with Crippen molar-refractivity contribution in [3.05, 3.63) is 23.8 Å². The molecule has 1 aromatic rings. The van der Waals surface area contributed by atoms with Crippen LogP contribution in [0.4, 0.5) is 0 Å². The van der Waals surface area contributed by atoms with Crippen LogP contribution in [0.1, 0.15) is 69.8 Å². The molecule has 2 N–H and O–H groups in total. The van der Waals surface area contributed by atoms with E-state index >= 15 is 0 Å². The van der Waals surface area contributed by atoms with Gasteiger partial charge in [0.05, 0.1) is 14.2 Å². The molecule has 4 aliphatic carbocycles. The number of ether oxygens (including phenoxy) is 2. The van der Waals surface area contributed by atoms with Gasteiger partial charge in [0.15, 0.2) is 11.5 Å². The maximum atomic E-state index is 13.1. The molecule has 1 saturated heterocycles. The molecule has 4 saturated carbocycles. The maximum Gasteiger partial charge on any atom is 0.220 e. The topological polar surface area (TPSA) is 76.7 Å². The van der Waals surface area contributed by atoms with E-state index in [0.717, 1.165) is 29.7 Å². The predicted octanol–water partition coefficient (Wildman–Crippen LogP) is 3.76. The molecular weight excluding hydrogens is 404 g/mol. The van der Waals surface area contributed by atoms with Crippen LogP contribution in [-0.4, -0.2) is 37.1 Å². The van der Waals surface area contributed by atoms with Crippen molar-refractivity contribution in [2.45, 2.75) is 81.7 Å². The fourth-order valence-corrected chi connectivity index (χ4v) is 7.54. The Hall–Kier alpha value is -2.24. The van der Waals surface area contributed by atoms with Gasteiger partial charge < -0.3 is 20.1 Å². The maximum absolute atomic E-state index is 13.1. The molecule has 0 radical (unpaired) electrons. The summed E-state index contributed by atoms with van der Waals surface area (Å²) in [7, 11) is 3.25. The molecule has 5 fully saturated rings. The third-order valence-corrected chi connectivity index (χ3v) is 8.50. The molecule has 6 nitrogen and oxygen atoms in total. The van der Waals surface area contributed by atoms with Crippen LogP contribution in [-0.2, 0) is 16.0 Å². The second kappa shape index (κ2) is 8.27. The van der Waals surface area contributed by atoms with Crippen LogP contribution < -0.4 is 20.1 Å². The van der Waals surface area contributed by atoms with Crippen LogP contribution in [0, 0.1) is 17.8 Å². The van der Waals surface area contributed by atoms with Gasteiger partial charge in [0.25, 0.3) is 0 Å². The molecule has 0 spiro atoms. The van der Waals surface area contributed by atoms with Crippen molar-refractivity contribution >= 4 is 11.8 Å². The SMILES string of the molecule is COc1ccc(CC2(CCC(=O)NC34CC5CC(CC(C5)C3)C4)CCC(=O)N2)cc1OC. The zero-order chi connectivity index (χ0) is 22.3. The lowest BCUT2D eigenvalue weighted by Crippen LogP contribution is -2.60. The third-order valence-electron chi connectivity index (χ3n) is 8.50. The second-order valence-electron chi connectivity index (χ2n) is 10.9. The van der Waals surface area contributed by atoms with Gasteiger partial charge in [0.1, 0.15) is 0 Å². The molecule has 1 heterocycles. The normalized spacial score (nSPS) is 34.9. The number of nitrogens with one attached hydrogen (secondary N) is 2. The monoisotopic (exact) mass is 440 g/mol. The lowest BCUT2D eigenvalue weighted by atomic mass is 9.53. The first-order valence-corrected chi connectivity index (χ1v) is 12.2. The smallest absolute Gasteiger partial charge is 0.220 e. The van der Waals surface area contributed by atoms with Crippen LogP contribution in [0.25, 0.3) is 0 Å². The van der Waals surface area contributed by atoms with E-state index in [2.05, 4.69) is 10.6 Å². The standard InChI is InChI=1S/C26H36N2O4/c1-31-21-4-3-17(12-22(21)32-2)13-25(7-5-23(29)27-25)8-6-24(30)28-26-14-18-9-19(15-26)11-20(10-18)16-26/h3-4,12,18-20H,5-11,13-16H2,1-2H3,(H,27,29)(H,28,30). The highest BCUT2D eigenvalue weighted by Gasteiger charge is 2.51. The molecule has 1 aromatic carbocycles. The first-order valence-electron chi connectivity index (χ1n) is 12.2. The molecule has 6 heteroatoms. The minimum Gasteiger partial charge on any atom is -0.493 e. The summed E-state index contributed by atoms with van der Waals surface area (Å²) >= 11 is 0. The molecule has 1 unspecified atom stereocenters. The number of hydrogen-bond acceptors (Lipinski definition) is 4. The summed E-state index contributed by atoms with van der Waals surface area (Å²) in [6, 6.07) is 5.89. The van der Waals surface area contributed by atoms with Crippen molar-refractivity contribution in [2.24, 2.45) is 17.8 Å². The summed E-state index contributed by atoms with van der Waals surface area (Å²) in [5, 5.41) is 6.69. The van der Waals surface area contributed by atoms with E-state index in [1.807, 2.05) is 18.2 Å². The van der Waals surface area contributed by atoms with Gasteiger partial charge in [-0.25, -0.2) is 0 Å². The Morgan fingerprint density at radius 2 is 1.72 bits per heavy atom. The van der Waals surface area contributed by atoms with E-state index in [1.54, 1.807) is 14.2 Å². The number of hydrogen-bond donors (Lipinski definition) is 2. The van der Waals surface area contributed by atoms with Gasteiger partial charge in [-0.15, -0.1) is 0 Å². The summed E-state index contributed by atoms with van der Waals surface area (Å²) in [6.07, 6.45) is 10.7. The Morgan fingerprint density at radius 1 is 1.06 bits per heavy atom. The van der Waals surface area contributed by atoms with Gasteiger partial charge in [-0.3, -0.25) is 9.59 Å². The van der Waals surface area contributed by atoms with Crippen LogP contribution in [0.5, 0.6) is 11.5 Å². The second-order valence-corrected chi connectivity index (χ2v) is 10.9. The molecule has 0 aromatic heterocycles. The molecule has 1 aliphatic heterocycles. The van der Waals surface area contributed by atoms with Gasteiger partial charge >= 0.3 is 0 Å². The number of rotatable bonds is 8. The summed E-state index contributed by atoms with van der Waals surface area (Å²) in [5.74, 6) is 4.04. The minimum absolute atomic E-state index is 0.0429. The quantitative estimate of drug-likeness (QED) is 0.645. The molecular formula is C26H36N2O4. The summed E-state index contributed by atoms with van der Waals surface area (Å²) in [5.41, 5.74) is 0.739. The Labute approximate surface area is 190 Å². The van der Waals surface area contributed by atoms with Crippen molar-refractivity contribution in [2.75, 3.05) is 14.2 Å². The lowest BCUT2D eigenvalue weighted by Gasteiger charge is -2.57. The van der Waals surface area contributed by atoms with Crippen molar-refractivity contribution in [1.82, 2.24) is 10.6 Å². The van der Waals surface area contributed by atoms with Gasteiger partial charge in [0.2, 0.25) is 11.8 Å². The first-order chi connectivity index (χ1) is 15.4. The van der Waals surface area contributed by atoms with E-state index in [9.17, 15) is 9.59 Å². The summed E-state index contributed by atoms with van der Waals surface area (Å²) in [6.45, 7) is 0. The van der Waals surface area contributed by atoms with Gasteiger partial charge in [0, 0.05) is 23.9 Å². The van der Waals surface area contributed by atoms with Gasteiger partial charge in [-0.2, -0.15) is 0 Å². The van der Waals surface area contributed by atoms with E-state index in [0.29, 0.717) is 37.2 Å². The van der Waals surface area contributed by atoms with Crippen LogP contribution in [0.3, 0.4) is 0 Å². The average molecular weight is 441 g/mol. The zero-order valence-corrected chi connectivity index (χ0v) is 19.4. The van der Waals surface area contributed by atoms with Crippen molar-refractivity contribution in [3.8, 4) is 11.5 Å². The van der Waals surface area contributed by atoms with Crippen molar-refractivity contribution in [1.29, 1.82) is 0 Å². The highest BCUT2D eigenvalue weighted by atomic mass is 16.5. The highest BCUT2D eigenvalue weighted by molar-refractivity contribution is 5.80. The number of benzene rings is 1. The first kappa shape index (κ1) is 21.6. The number of amides is 2. The lowest BCUT2D eigenvalue weighted by molar-refractivity contribution is -0.127. The van der Waals surface area contributed by atoms with E-state index in [1.165, 1.54) is 38.5 Å². The molecule has 6 rings (SSSR count). The molecule has 5 aliphatic rings. The zero-order valence-electron chi connectivity index (χ0n) is 19.4. The minimum atomic E-state index is -0.379. The summed E-state index contributed by atoms with van der Waals surface area (Å²) < 4.78 is 10.8. The largest absolute Gasteiger partial charge is 0.493 e. The fourth-order valence-electron chi connectivity index (χ4n) is 7.54. The third kappa shape index (κ3) is 4.20. The van der Waals surface area contributed by atoms with E-state index in [-0.39, 0.29) is 22.9 Å². The molecule has 4 bridgehead atoms. The van der Waals surface area contributed by atoms with Crippen molar-refractivity contribution < 1.29 is 19.1 Å². The fraction of sp³-hybridized carbons (Fsp3) is 0.692. The van der Waals surface area contributed by atoms with Crippen molar-refractivity contribution in [3.63, 3.8) is 0 Å². The molecule has 1 atom stereocenters. The average Bonchev–Trinajstić information content (AvgIpc) is 3.11. The Balaban J connectivity index is 1.24. The van der Waals surface area contributed by atoms with Crippen LogP contribution in [0.2, 0.25) is 0 Å². The molecule has 32 heavy (non-hydrogen) atoms. The number of carbonyl (C=O) groups is 2. The highest BCUT2D eigenvalue weighted by Crippen LogP contribution is 2.55. The van der Waals surface area contributed by atoms with E-state index < -0.39 is 0 Å². The molecule has 2 amide bonds. The summed E-state index contributed by atoms with van der Waals surface area (Å²) in [4.78, 5) is 25.2. The van der Waals surface area contributed by atoms with Crippen LogP contribution in [0.15, 0.2) is 18.2 Å². The predicted molar refractivity (Wildman–Crippen MR) is 122 cm³/mol. The van der Waals surface area contributed by atoms with Gasteiger partial charge in [-0.05, 0) is 93.2 Å². The van der Waals surface area contributed by atoms with E-state index in [4.69, 9.17) is 9.47 Å². The van der Waals surface area contributed by atoms with Gasteiger partial charge in [-0.1, -0.05) is 6.07 Å². The Kier molecular flexibility index (Phi) is 5.58. The van der Waals surface area contributed by atoms with Crippen LogP contribution >= 0.6 is 0 Å². The Bertz CT molecular complexity index is 863.